The standard InChI is InChI=1S/C22H26N4O/c1-18-8-6-7-9-20(18)12-13-23-22(27)17-25(2)15-19-14-24-26(16-19)21-10-4-3-5-11-21/h3-11,14,16H,12-13,15,17H2,1-2H3,(H,23,27). The summed E-state index contributed by atoms with van der Waals surface area (Å²) >= 11 is 0. The van der Waals surface area contributed by atoms with Gasteiger partial charge in [0.25, 0.3) is 0 Å². The van der Waals surface area contributed by atoms with E-state index in [4.69, 9.17) is 0 Å². The normalized spacial score (nSPS) is 10.9. The minimum Gasteiger partial charge on any atom is -0.355 e. The van der Waals surface area contributed by atoms with Gasteiger partial charge < -0.3 is 5.32 Å². The van der Waals surface area contributed by atoms with Gasteiger partial charge in [0.2, 0.25) is 5.91 Å². The first-order valence-corrected chi connectivity index (χ1v) is 9.20. The van der Waals surface area contributed by atoms with Crippen LogP contribution >= 0.6 is 0 Å². The number of para-hydroxylation sites is 1. The lowest BCUT2D eigenvalue weighted by Gasteiger charge is -2.15. The fourth-order valence-corrected chi connectivity index (χ4v) is 3.06. The number of nitrogens with one attached hydrogen (secondary N) is 1. The van der Waals surface area contributed by atoms with Crippen LogP contribution in [0.2, 0.25) is 0 Å². The summed E-state index contributed by atoms with van der Waals surface area (Å²) in [5, 5.41) is 7.40. The number of nitrogens with zero attached hydrogens (tertiary/aromatic N) is 3. The van der Waals surface area contributed by atoms with Gasteiger partial charge in [-0.25, -0.2) is 4.68 Å². The van der Waals surface area contributed by atoms with Crippen LogP contribution in [0.4, 0.5) is 0 Å². The smallest absolute Gasteiger partial charge is 0.234 e. The summed E-state index contributed by atoms with van der Waals surface area (Å²) in [4.78, 5) is 14.2. The summed E-state index contributed by atoms with van der Waals surface area (Å²) in [5.74, 6) is 0.0431. The predicted molar refractivity (Wildman–Crippen MR) is 108 cm³/mol. The largest absolute Gasteiger partial charge is 0.355 e. The number of likely N-dealkylation sites (N-methyl/N-ethyl adjacent to an activating group) is 1. The van der Waals surface area contributed by atoms with Gasteiger partial charge in [-0.2, -0.15) is 5.10 Å². The first-order chi connectivity index (χ1) is 13.1. The molecule has 1 N–H and O–H groups in total. The molecule has 0 fully saturated rings. The Bertz CT molecular complexity index is 873. The van der Waals surface area contributed by atoms with Gasteiger partial charge in [0.1, 0.15) is 0 Å². The summed E-state index contributed by atoms with van der Waals surface area (Å²) in [6.07, 6.45) is 4.70. The number of benzene rings is 2. The van der Waals surface area contributed by atoms with E-state index in [2.05, 4.69) is 29.5 Å². The van der Waals surface area contributed by atoms with Crippen LogP contribution in [0.25, 0.3) is 5.69 Å². The number of aryl methyl sites for hydroxylation is 1. The minimum absolute atomic E-state index is 0.0431. The van der Waals surface area contributed by atoms with E-state index in [-0.39, 0.29) is 5.91 Å². The molecule has 0 saturated heterocycles. The monoisotopic (exact) mass is 362 g/mol. The van der Waals surface area contributed by atoms with Crippen LogP contribution < -0.4 is 5.32 Å². The molecule has 3 rings (SSSR count). The SMILES string of the molecule is Cc1ccccc1CCNC(=O)CN(C)Cc1cnn(-c2ccccc2)c1. The highest BCUT2D eigenvalue weighted by atomic mass is 16.2. The first-order valence-electron chi connectivity index (χ1n) is 9.20. The van der Waals surface area contributed by atoms with Crippen molar-refractivity contribution in [2.75, 3.05) is 20.1 Å². The Morgan fingerprint density at radius 3 is 2.63 bits per heavy atom. The molecule has 140 valence electrons. The maximum atomic E-state index is 12.2. The second-order valence-corrected chi connectivity index (χ2v) is 6.83. The van der Waals surface area contributed by atoms with Crippen molar-refractivity contribution in [2.24, 2.45) is 0 Å². The molecule has 0 spiro atoms. The molecule has 0 radical (unpaired) electrons. The summed E-state index contributed by atoms with van der Waals surface area (Å²) < 4.78 is 1.85. The fourth-order valence-electron chi connectivity index (χ4n) is 3.06. The number of amides is 1. The zero-order valence-electron chi connectivity index (χ0n) is 15.9. The third-order valence-corrected chi connectivity index (χ3v) is 4.50. The molecule has 5 nitrogen and oxygen atoms in total. The molecule has 0 saturated carbocycles. The summed E-state index contributed by atoms with van der Waals surface area (Å²) in [5.41, 5.74) is 4.65. The van der Waals surface area contributed by atoms with Crippen molar-refractivity contribution in [3.63, 3.8) is 0 Å². The van der Waals surface area contributed by atoms with Crippen LogP contribution in [0.1, 0.15) is 16.7 Å². The molecule has 1 heterocycles. The van der Waals surface area contributed by atoms with Gasteiger partial charge in [-0.1, -0.05) is 42.5 Å². The van der Waals surface area contributed by atoms with Crippen molar-refractivity contribution >= 4 is 5.91 Å². The lowest BCUT2D eigenvalue weighted by Crippen LogP contribution is -2.35. The van der Waals surface area contributed by atoms with Crippen molar-refractivity contribution in [2.45, 2.75) is 19.9 Å². The van der Waals surface area contributed by atoms with E-state index in [1.807, 2.05) is 71.5 Å². The van der Waals surface area contributed by atoms with E-state index in [1.165, 1.54) is 11.1 Å². The number of rotatable bonds is 8. The molecule has 5 heteroatoms. The van der Waals surface area contributed by atoms with Gasteiger partial charge in [-0.3, -0.25) is 9.69 Å². The Kier molecular flexibility index (Phi) is 6.39. The van der Waals surface area contributed by atoms with E-state index in [9.17, 15) is 4.79 Å². The number of hydrogen-bond donors (Lipinski definition) is 1. The average molecular weight is 362 g/mol. The number of hydrogen-bond acceptors (Lipinski definition) is 3. The quantitative estimate of drug-likeness (QED) is 0.670. The highest BCUT2D eigenvalue weighted by Gasteiger charge is 2.09. The van der Waals surface area contributed by atoms with Crippen molar-refractivity contribution in [1.29, 1.82) is 0 Å². The highest BCUT2D eigenvalue weighted by molar-refractivity contribution is 5.77. The van der Waals surface area contributed by atoms with Gasteiger partial charge in [-0.05, 0) is 43.7 Å². The zero-order chi connectivity index (χ0) is 19.1. The number of carbonyl (C=O) groups is 1. The number of carbonyl (C=O) groups excluding carboxylic acids is 1. The van der Waals surface area contributed by atoms with E-state index < -0.39 is 0 Å². The van der Waals surface area contributed by atoms with Gasteiger partial charge in [0, 0.05) is 24.8 Å². The highest BCUT2D eigenvalue weighted by Crippen LogP contribution is 2.09. The lowest BCUT2D eigenvalue weighted by atomic mass is 10.1. The van der Waals surface area contributed by atoms with Crippen molar-refractivity contribution in [3.8, 4) is 5.69 Å². The Morgan fingerprint density at radius 1 is 1.11 bits per heavy atom. The van der Waals surface area contributed by atoms with Gasteiger partial charge in [0.15, 0.2) is 0 Å². The molecule has 2 aromatic carbocycles. The summed E-state index contributed by atoms with van der Waals surface area (Å²) in [6.45, 7) is 3.80. The van der Waals surface area contributed by atoms with E-state index in [0.29, 0.717) is 19.6 Å². The van der Waals surface area contributed by atoms with E-state index in [1.54, 1.807) is 0 Å². The number of aromatic nitrogens is 2. The molecule has 0 unspecified atom stereocenters. The lowest BCUT2D eigenvalue weighted by molar-refractivity contribution is -0.122. The van der Waals surface area contributed by atoms with Gasteiger partial charge in [0.05, 0.1) is 18.4 Å². The van der Waals surface area contributed by atoms with Gasteiger partial charge in [-0.15, -0.1) is 0 Å². The zero-order valence-corrected chi connectivity index (χ0v) is 15.9. The molecular formula is C22H26N4O. The molecule has 3 aromatic rings. The first kappa shape index (κ1) is 18.9. The second-order valence-electron chi connectivity index (χ2n) is 6.83. The molecule has 1 amide bonds. The summed E-state index contributed by atoms with van der Waals surface area (Å²) in [6, 6.07) is 18.3. The van der Waals surface area contributed by atoms with Crippen molar-refractivity contribution in [3.05, 3.63) is 83.7 Å². The van der Waals surface area contributed by atoms with E-state index >= 15 is 0 Å². The molecule has 27 heavy (non-hydrogen) atoms. The van der Waals surface area contributed by atoms with Crippen LogP contribution in [0, 0.1) is 6.92 Å². The van der Waals surface area contributed by atoms with Crippen LogP contribution in [0.15, 0.2) is 67.0 Å². The van der Waals surface area contributed by atoms with Crippen molar-refractivity contribution in [1.82, 2.24) is 20.0 Å². The average Bonchev–Trinajstić information content (AvgIpc) is 3.12. The molecule has 0 atom stereocenters. The molecule has 0 aliphatic heterocycles. The van der Waals surface area contributed by atoms with Crippen molar-refractivity contribution < 1.29 is 4.79 Å². The Balaban J connectivity index is 1.44. The summed E-state index contributed by atoms with van der Waals surface area (Å²) in [7, 11) is 1.95. The van der Waals surface area contributed by atoms with Crippen LogP contribution in [-0.2, 0) is 17.8 Å². The molecule has 1 aromatic heterocycles. The van der Waals surface area contributed by atoms with Crippen LogP contribution in [-0.4, -0.2) is 40.7 Å². The topological polar surface area (TPSA) is 50.2 Å². The van der Waals surface area contributed by atoms with E-state index in [0.717, 1.165) is 17.7 Å². The third kappa shape index (κ3) is 5.53. The maximum Gasteiger partial charge on any atom is 0.234 e. The molecule has 0 bridgehead atoms. The third-order valence-electron chi connectivity index (χ3n) is 4.50. The van der Waals surface area contributed by atoms with Crippen LogP contribution in [0.3, 0.4) is 0 Å². The molecule has 0 aliphatic rings. The van der Waals surface area contributed by atoms with Crippen LogP contribution in [0.5, 0.6) is 0 Å². The predicted octanol–water partition coefficient (Wildman–Crippen LogP) is 2.97. The second kappa shape index (κ2) is 9.14. The maximum absolute atomic E-state index is 12.2. The Hall–Kier alpha value is -2.92. The Labute approximate surface area is 160 Å². The molecule has 0 aliphatic carbocycles. The minimum atomic E-state index is 0.0431. The molecular weight excluding hydrogens is 336 g/mol. The Morgan fingerprint density at radius 2 is 1.85 bits per heavy atom. The van der Waals surface area contributed by atoms with Gasteiger partial charge >= 0.3 is 0 Å². The fraction of sp³-hybridized carbons (Fsp3) is 0.273.